The number of halogens is 1. The maximum absolute atomic E-state index is 11.2. The molecule has 1 aliphatic rings. The number of carbonyl (C=O) groups is 2. The van der Waals surface area contributed by atoms with Gasteiger partial charge >= 0.3 is 0 Å². The van der Waals surface area contributed by atoms with E-state index in [1.807, 2.05) is 5.32 Å². The van der Waals surface area contributed by atoms with Gasteiger partial charge in [-0.25, -0.2) is 8.42 Å². The van der Waals surface area contributed by atoms with Gasteiger partial charge in [-0.2, -0.15) is 4.31 Å². The van der Waals surface area contributed by atoms with Crippen molar-refractivity contribution in [3.63, 3.8) is 0 Å². The maximum Gasteiger partial charge on any atom is 0.241 e. The number of hydrogen-bond donors (Lipinski definition) is 1. The third-order valence-electron chi connectivity index (χ3n) is 1.45. The van der Waals surface area contributed by atoms with E-state index in [2.05, 4.69) is 15.9 Å². The van der Waals surface area contributed by atoms with Crippen molar-refractivity contribution in [3.8, 4) is 0 Å². The van der Waals surface area contributed by atoms with Crippen LogP contribution in [0.3, 0.4) is 0 Å². The van der Waals surface area contributed by atoms with E-state index in [4.69, 9.17) is 0 Å². The van der Waals surface area contributed by atoms with Gasteiger partial charge in [0.05, 0.1) is 13.1 Å². The van der Waals surface area contributed by atoms with Crippen molar-refractivity contribution in [2.45, 2.75) is 0 Å². The van der Waals surface area contributed by atoms with Gasteiger partial charge in [-0.15, -0.1) is 0 Å². The van der Waals surface area contributed by atoms with Crippen LogP contribution in [0.1, 0.15) is 0 Å². The Bertz CT molecular complexity index is 322. The van der Waals surface area contributed by atoms with Crippen LogP contribution in [0.5, 0.6) is 0 Å². The monoisotopic (exact) mass is 270 g/mol. The largest absolute Gasteiger partial charge is 0.294 e. The molecular formula is C5H7BrN2O4S. The fourth-order valence-corrected chi connectivity index (χ4v) is 2.51. The van der Waals surface area contributed by atoms with Crippen molar-refractivity contribution in [1.82, 2.24) is 9.62 Å². The topological polar surface area (TPSA) is 83.6 Å². The first-order valence-electron chi connectivity index (χ1n) is 3.32. The number of sulfonamides is 1. The molecule has 1 heterocycles. The van der Waals surface area contributed by atoms with Gasteiger partial charge < -0.3 is 0 Å². The summed E-state index contributed by atoms with van der Waals surface area (Å²) in [6.45, 7) is -0.584. The highest BCUT2D eigenvalue weighted by molar-refractivity contribution is 9.10. The Kier molecular flexibility index (Phi) is 3.04. The number of carbonyl (C=O) groups excluding carboxylic acids is 2. The second-order valence-corrected chi connectivity index (χ2v) is 5.73. The van der Waals surface area contributed by atoms with Crippen molar-refractivity contribution >= 4 is 37.8 Å². The summed E-state index contributed by atoms with van der Waals surface area (Å²) in [4.78, 5) is 21.6. The number of nitrogens with one attached hydrogen (secondary N) is 1. The van der Waals surface area contributed by atoms with Crippen LogP contribution in [-0.2, 0) is 19.6 Å². The quantitative estimate of drug-likeness (QED) is 0.496. The Morgan fingerprint density at radius 3 is 2.15 bits per heavy atom. The molecule has 0 spiro atoms. The number of nitrogens with zero attached hydrogens (tertiary/aromatic N) is 1. The average molecular weight is 271 g/mol. The molecule has 0 aromatic heterocycles. The molecule has 0 aromatic carbocycles. The van der Waals surface area contributed by atoms with Crippen LogP contribution >= 0.6 is 15.9 Å². The van der Waals surface area contributed by atoms with E-state index in [-0.39, 0.29) is 17.8 Å². The van der Waals surface area contributed by atoms with Gasteiger partial charge in [0.2, 0.25) is 21.8 Å². The molecule has 74 valence electrons. The zero-order chi connectivity index (χ0) is 10.1. The summed E-state index contributed by atoms with van der Waals surface area (Å²) in [7, 11) is -3.52. The zero-order valence-electron chi connectivity index (χ0n) is 6.49. The summed E-state index contributed by atoms with van der Waals surface area (Å²) >= 11 is 2.77. The Hall–Kier alpha value is -0.470. The summed E-state index contributed by atoms with van der Waals surface area (Å²) in [5, 5.41) is 2.01. The van der Waals surface area contributed by atoms with Gasteiger partial charge in [0, 0.05) is 0 Å². The van der Waals surface area contributed by atoms with E-state index in [0.29, 0.717) is 0 Å². The Morgan fingerprint density at radius 2 is 1.77 bits per heavy atom. The highest BCUT2D eigenvalue weighted by Gasteiger charge is 2.30. The van der Waals surface area contributed by atoms with E-state index in [0.717, 1.165) is 4.31 Å². The third-order valence-corrected chi connectivity index (χ3v) is 4.51. The lowest BCUT2D eigenvalue weighted by Gasteiger charge is -2.23. The van der Waals surface area contributed by atoms with E-state index in [9.17, 15) is 18.0 Å². The van der Waals surface area contributed by atoms with Crippen LogP contribution in [-0.4, -0.2) is 42.3 Å². The normalized spacial score (nSPS) is 20.1. The van der Waals surface area contributed by atoms with Crippen molar-refractivity contribution < 1.29 is 18.0 Å². The van der Waals surface area contributed by atoms with Gasteiger partial charge in [-0.3, -0.25) is 14.9 Å². The van der Waals surface area contributed by atoms with Crippen LogP contribution in [0, 0.1) is 0 Å². The van der Waals surface area contributed by atoms with Crippen LogP contribution in [0.15, 0.2) is 0 Å². The van der Waals surface area contributed by atoms with Crippen molar-refractivity contribution in [3.05, 3.63) is 0 Å². The SMILES string of the molecule is O=C1CN(S(=O)(=O)CBr)CC(=O)N1. The first kappa shape index (κ1) is 10.6. The molecule has 0 radical (unpaired) electrons. The van der Waals surface area contributed by atoms with Gasteiger partial charge in [0.15, 0.2) is 0 Å². The molecule has 0 aromatic rings. The minimum Gasteiger partial charge on any atom is -0.294 e. The second kappa shape index (κ2) is 3.72. The standard InChI is InChI=1S/C5H7BrN2O4S/c6-3-13(11,12)8-1-4(9)7-5(10)2-8/h1-3H2,(H,7,9,10). The Morgan fingerprint density at radius 1 is 1.31 bits per heavy atom. The first-order valence-corrected chi connectivity index (χ1v) is 6.05. The zero-order valence-corrected chi connectivity index (χ0v) is 8.89. The predicted molar refractivity (Wildman–Crippen MR) is 47.4 cm³/mol. The third kappa shape index (κ3) is 2.48. The lowest BCUT2D eigenvalue weighted by Crippen LogP contribution is -2.53. The average Bonchev–Trinajstić information content (AvgIpc) is 2.02. The molecule has 1 fully saturated rings. The molecule has 6 nitrogen and oxygen atoms in total. The number of piperazine rings is 1. The summed E-state index contributed by atoms with van der Waals surface area (Å²) < 4.78 is 22.9. The number of amides is 2. The minimum absolute atomic E-state index is 0.291. The van der Waals surface area contributed by atoms with Gasteiger partial charge in [0.1, 0.15) is 4.66 Å². The molecule has 8 heteroatoms. The molecule has 2 amide bonds. The van der Waals surface area contributed by atoms with Crippen LogP contribution in [0.4, 0.5) is 0 Å². The molecule has 0 saturated carbocycles. The van der Waals surface area contributed by atoms with E-state index in [1.54, 1.807) is 0 Å². The smallest absolute Gasteiger partial charge is 0.241 e. The molecule has 1 aliphatic heterocycles. The minimum atomic E-state index is -3.52. The number of rotatable bonds is 2. The van der Waals surface area contributed by atoms with Gasteiger partial charge in [0.25, 0.3) is 0 Å². The number of alkyl halides is 1. The molecule has 13 heavy (non-hydrogen) atoms. The molecule has 0 atom stereocenters. The van der Waals surface area contributed by atoms with E-state index in [1.165, 1.54) is 0 Å². The molecule has 1 N–H and O–H groups in total. The molecular weight excluding hydrogens is 264 g/mol. The molecule has 0 unspecified atom stereocenters. The van der Waals surface area contributed by atoms with Crippen LogP contribution < -0.4 is 5.32 Å². The molecule has 0 bridgehead atoms. The summed E-state index contributed by atoms with van der Waals surface area (Å²) in [5.74, 6) is -1.19. The summed E-state index contributed by atoms with van der Waals surface area (Å²) in [6, 6.07) is 0. The Balaban J connectivity index is 2.83. The highest BCUT2D eigenvalue weighted by Crippen LogP contribution is 2.06. The van der Waals surface area contributed by atoms with Gasteiger partial charge in [-0.1, -0.05) is 15.9 Å². The predicted octanol–water partition coefficient (Wildman–Crippen LogP) is -1.37. The fraction of sp³-hybridized carbons (Fsp3) is 0.600. The number of hydrogen-bond acceptors (Lipinski definition) is 4. The Labute approximate surface area is 83.5 Å². The van der Waals surface area contributed by atoms with Crippen molar-refractivity contribution in [1.29, 1.82) is 0 Å². The first-order chi connectivity index (χ1) is 5.95. The second-order valence-electron chi connectivity index (χ2n) is 2.46. The van der Waals surface area contributed by atoms with Crippen molar-refractivity contribution in [2.75, 3.05) is 17.8 Å². The van der Waals surface area contributed by atoms with E-state index >= 15 is 0 Å². The number of imide groups is 1. The molecule has 1 saturated heterocycles. The lowest BCUT2D eigenvalue weighted by atomic mass is 10.4. The lowest BCUT2D eigenvalue weighted by molar-refractivity contribution is -0.134. The highest BCUT2D eigenvalue weighted by atomic mass is 79.9. The molecule has 1 rings (SSSR count). The van der Waals surface area contributed by atoms with Crippen LogP contribution in [0.25, 0.3) is 0 Å². The summed E-state index contributed by atoms with van der Waals surface area (Å²) in [6.07, 6.45) is 0. The van der Waals surface area contributed by atoms with Gasteiger partial charge in [-0.05, 0) is 0 Å². The van der Waals surface area contributed by atoms with Crippen LogP contribution in [0.2, 0.25) is 0 Å². The summed E-state index contributed by atoms with van der Waals surface area (Å²) in [5.41, 5.74) is 0. The van der Waals surface area contributed by atoms with Crippen molar-refractivity contribution in [2.24, 2.45) is 0 Å². The maximum atomic E-state index is 11.2. The molecule has 0 aliphatic carbocycles. The van der Waals surface area contributed by atoms with E-state index < -0.39 is 21.8 Å². The fourth-order valence-electron chi connectivity index (χ4n) is 0.877.